The van der Waals surface area contributed by atoms with Gasteiger partial charge in [0.15, 0.2) is 0 Å². The van der Waals surface area contributed by atoms with E-state index < -0.39 is 0 Å². The number of methoxy groups -OCH3 is 1. The third kappa shape index (κ3) is 2.74. The summed E-state index contributed by atoms with van der Waals surface area (Å²) in [6.45, 7) is 2.57. The molecule has 0 aliphatic rings. The Morgan fingerprint density at radius 2 is 2.16 bits per heavy atom. The van der Waals surface area contributed by atoms with Gasteiger partial charge in [0.2, 0.25) is 5.78 Å². The highest BCUT2D eigenvalue weighted by Gasteiger charge is 2.21. The Kier molecular flexibility index (Phi) is 4.42. The van der Waals surface area contributed by atoms with Crippen molar-refractivity contribution in [3.05, 3.63) is 44.6 Å². The minimum absolute atomic E-state index is 0.121. The van der Waals surface area contributed by atoms with E-state index in [2.05, 4.69) is 37.0 Å². The molecule has 0 N–H and O–H groups in total. The van der Waals surface area contributed by atoms with E-state index in [1.807, 2.05) is 13.0 Å². The van der Waals surface area contributed by atoms with Crippen LogP contribution in [0, 0.1) is 0 Å². The smallest absolute Gasteiger partial charge is 0.215 e. The maximum absolute atomic E-state index is 12.6. The number of aryl methyl sites for hydroxylation is 1. The zero-order chi connectivity index (χ0) is 14.0. The van der Waals surface area contributed by atoms with Gasteiger partial charge >= 0.3 is 0 Å². The van der Waals surface area contributed by atoms with Gasteiger partial charge in [0.1, 0.15) is 11.4 Å². The van der Waals surface area contributed by atoms with Crippen LogP contribution >= 0.6 is 31.9 Å². The van der Waals surface area contributed by atoms with Crippen LogP contribution in [0.1, 0.15) is 23.0 Å². The van der Waals surface area contributed by atoms with Crippen molar-refractivity contribution >= 4 is 37.6 Å². The number of benzene rings is 1. The molecular weight excluding hydrogens is 376 g/mol. The topological polar surface area (TPSA) is 44.1 Å². The van der Waals surface area contributed by atoms with Crippen LogP contribution in [-0.4, -0.2) is 22.7 Å². The molecule has 0 spiro atoms. The van der Waals surface area contributed by atoms with Crippen LogP contribution in [0.2, 0.25) is 0 Å². The molecule has 2 aromatic rings. The fourth-order valence-corrected chi connectivity index (χ4v) is 2.65. The molecule has 0 bridgehead atoms. The average Bonchev–Trinajstić information content (AvgIpc) is 2.79. The van der Waals surface area contributed by atoms with Crippen LogP contribution in [0.25, 0.3) is 0 Å². The summed E-state index contributed by atoms with van der Waals surface area (Å²) in [5, 5.41) is 4.16. The predicted octanol–water partition coefficient (Wildman–Crippen LogP) is 3.67. The Balaban J connectivity index is 2.55. The van der Waals surface area contributed by atoms with Crippen molar-refractivity contribution in [2.45, 2.75) is 13.5 Å². The van der Waals surface area contributed by atoms with Crippen LogP contribution in [-0.2, 0) is 6.54 Å². The van der Waals surface area contributed by atoms with Crippen molar-refractivity contribution in [1.29, 1.82) is 0 Å². The number of carbonyl (C=O) groups excluding carboxylic acids is 1. The first kappa shape index (κ1) is 14.3. The van der Waals surface area contributed by atoms with E-state index in [0.29, 0.717) is 28.0 Å². The Bertz CT molecular complexity index is 623. The van der Waals surface area contributed by atoms with E-state index in [0.717, 1.165) is 4.47 Å². The van der Waals surface area contributed by atoms with Gasteiger partial charge in [-0.25, -0.2) is 0 Å². The standard InChI is InChI=1S/C13H12Br2N2O2/c1-3-17-12(10(15)7-16-17)13(18)9-6-8(14)4-5-11(9)19-2/h4-7H,3H2,1-2H3. The van der Waals surface area contributed by atoms with E-state index in [1.54, 1.807) is 30.1 Å². The summed E-state index contributed by atoms with van der Waals surface area (Å²) in [4.78, 5) is 12.6. The van der Waals surface area contributed by atoms with Gasteiger partial charge in [0, 0.05) is 11.0 Å². The lowest BCUT2D eigenvalue weighted by atomic mass is 10.1. The number of ether oxygens (including phenoxy) is 1. The Morgan fingerprint density at radius 1 is 1.42 bits per heavy atom. The van der Waals surface area contributed by atoms with Crippen molar-refractivity contribution in [1.82, 2.24) is 9.78 Å². The highest BCUT2D eigenvalue weighted by molar-refractivity contribution is 9.10. The van der Waals surface area contributed by atoms with Gasteiger partial charge in [0.25, 0.3) is 0 Å². The van der Waals surface area contributed by atoms with Gasteiger partial charge in [0.05, 0.1) is 23.3 Å². The van der Waals surface area contributed by atoms with E-state index in [4.69, 9.17) is 4.74 Å². The summed E-state index contributed by atoms with van der Waals surface area (Å²) in [6, 6.07) is 5.35. The molecule has 0 aliphatic heterocycles. The van der Waals surface area contributed by atoms with Crippen molar-refractivity contribution in [2.75, 3.05) is 7.11 Å². The second-order valence-corrected chi connectivity index (χ2v) is 5.60. The summed E-state index contributed by atoms with van der Waals surface area (Å²) in [5.74, 6) is 0.424. The molecule has 1 aromatic carbocycles. The maximum atomic E-state index is 12.6. The molecule has 19 heavy (non-hydrogen) atoms. The molecule has 4 nitrogen and oxygen atoms in total. The van der Waals surface area contributed by atoms with Crippen molar-refractivity contribution < 1.29 is 9.53 Å². The summed E-state index contributed by atoms with van der Waals surface area (Å²) in [6.07, 6.45) is 1.63. The zero-order valence-corrected chi connectivity index (χ0v) is 13.7. The van der Waals surface area contributed by atoms with E-state index in [9.17, 15) is 4.79 Å². The first-order valence-corrected chi connectivity index (χ1v) is 7.26. The van der Waals surface area contributed by atoms with E-state index >= 15 is 0 Å². The highest BCUT2D eigenvalue weighted by Crippen LogP contribution is 2.28. The lowest BCUT2D eigenvalue weighted by Gasteiger charge is -2.09. The lowest BCUT2D eigenvalue weighted by Crippen LogP contribution is -2.12. The fraction of sp³-hybridized carbons (Fsp3) is 0.231. The highest BCUT2D eigenvalue weighted by atomic mass is 79.9. The number of carbonyl (C=O) groups is 1. The molecule has 0 fully saturated rings. The molecule has 6 heteroatoms. The number of nitrogens with zero attached hydrogens (tertiary/aromatic N) is 2. The van der Waals surface area contributed by atoms with Crippen LogP contribution < -0.4 is 4.74 Å². The molecule has 1 aromatic heterocycles. The third-order valence-corrected chi connectivity index (χ3v) is 3.79. The van der Waals surface area contributed by atoms with Gasteiger partial charge in [-0.15, -0.1) is 0 Å². The monoisotopic (exact) mass is 386 g/mol. The molecule has 0 saturated heterocycles. The van der Waals surface area contributed by atoms with Crippen molar-refractivity contribution in [3.8, 4) is 5.75 Å². The number of ketones is 1. The molecule has 2 rings (SSSR count). The number of aromatic nitrogens is 2. The number of hydrogen-bond acceptors (Lipinski definition) is 3. The molecule has 0 aliphatic carbocycles. The number of halogens is 2. The summed E-state index contributed by atoms with van der Waals surface area (Å²) < 4.78 is 8.42. The minimum Gasteiger partial charge on any atom is -0.496 e. The van der Waals surface area contributed by atoms with E-state index in [1.165, 1.54) is 0 Å². The molecular formula is C13H12Br2N2O2. The van der Waals surface area contributed by atoms with Gasteiger partial charge < -0.3 is 4.74 Å². The van der Waals surface area contributed by atoms with Gasteiger partial charge in [-0.3, -0.25) is 9.48 Å². The molecule has 100 valence electrons. The van der Waals surface area contributed by atoms with Crippen LogP contribution in [0.3, 0.4) is 0 Å². The largest absolute Gasteiger partial charge is 0.496 e. The molecule has 0 saturated carbocycles. The second kappa shape index (κ2) is 5.88. The first-order chi connectivity index (χ1) is 9.08. The number of rotatable bonds is 4. The predicted molar refractivity (Wildman–Crippen MR) is 79.7 cm³/mol. The average molecular weight is 388 g/mol. The first-order valence-electron chi connectivity index (χ1n) is 5.68. The fourth-order valence-electron chi connectivity index (χ4n) is 1.81. The van der Waals surface area contributed by atoms with Crippen LogP contribution in [0.5, 0.6) is 5.75 Å². The summed E-state index contributed by atoms with van der Waals surface area (Å²) in [7, 11) is 1.55. The molecule has 0 unspecified atom stereocenters. The third-order valence-electron chi connectivity index (χ3n) is 2.72. The Morgan fingerprint density at radius 3 is 2.79 bits per heavy atom. The van der Waals surface area contributed by atoms with Crippen molar-refractivity contribution in [2.24, 2.45) is 0 Å². The second-order valence-electron chi connectivity index (χ2n) is 3.83. The Labute approximate surface area is 128 Å². The van der Waals surface area contributed by atoms with Gasteiger partial charge in [-0.2, -0.15) is 5.10 Å². The lowest BCUT2D eigenvalue weighted by molar-refractivity contribution is 0.102. The van der Waals surface area contributed by atoms with E-state index in [-0.39, 0.29) is 5.78 Å². The summed E-state index contributed by atoms with van der Waals surface area (Å²) in [5.41, 5.74) is 1.03. The molecule has 1 heterocycles. The normalized spacial score (nSPS) is 10.5. The molecule has 0 amide bonds. The quantitative estimate of drug-likeness (QED) is 0.752. The maximum Gasteiger partial charge on any atom is 0.215 e. The summed E-state index contributed by atoms with van der Waals surface area (Å²) >= 11 is 6.73. The SMILES string of the molecule is CCn1ncc(Br)c1C(=O)c1cc(Br)ccc1OC. The molecule has 0 atom stereocenters. The molecule has 0 radical (unpaired) electrons. The van der Waals surface area contributed by atoms with Gasteiger partial charge in [-0.1, -0.05) is 15.9 Å². The minimum atomic E-state index is -0.121. The number of hydrogen-bond donors (Lipinski definition) is 0. The van der Waals surface area contributed by atoms with Gasteiger partial charge in [-0.05, 0) is 41.1 Å². The van der Waals surface area contributed by atoms with Crippen LogP contribution in [0.15, 0.2) is 33.3 Å². The van der Waals surface area contributed by atoms with Crippen LogP contribution in [0.4, 0.5) is 0 Å². The zero-order valence-electron chi connectivity index (χ0n) is 10.5. The van der Waals surface area contributed by atoms with Crippen molar-refractivity contribution in [3.63, 3.8) is 0 Å². The Hall–Kier alpha value is -1.14.